The van der Waals surface area contributed by atoms with Crippen LogP contribution in [0.2, 0.25) is 0 Å². The highest BCUT2D eigenvalue weighted by Gasteiger charge is 2.60. The average Bonchev–Trinajstić information content (AvgIpc) is 3.05. The maximum Gasteiger partial charge on any atom is 0.319 e. The van der Waals surface area contributed by atoms with Gasteiger partial charge in [-0.2, -0.15) is 0 Å². The van der Waals surface area contributed by atoms with E-state index in [0.29, 0.717) is 11.5 Å². The third-order valence-electron chi connectivity index (χ3n) is 9.91. The highest BCUT2D eigenvalue weighted by atomic mass is 16.2. The van der Waals surface area contributed by atoms with Gasteiger partial charge in [-0.1, -0.05) is 32.0 Å². The minimum atomic E-state index is -0.0419. The maximum absolute atomic E-state index is 12.7. The normalized spacial score (nSPS) is 43.2. The number of carbonyl (C=O) groups excluding carboxylic acids is 1. The minimum Gasteiger partial charge on any atom is -0.335 e. The zero-order chi connectivity index (χ0) is 20.9. The Morgan fingerprint density at radius 3 is 2.53 bits per heavy atom. The molecule has 3 aliphatic carbocycles. The lowest BCUT2D eigenvalue weighted by Gasteiger charge is -2.62. The lowest BCUT2D eigenvalue weighted by Crippen LogP contribution is -2.61. The summed E-state index contributed by atoms with van der Waals surface area (Å²) in [6.07, 6.45) is 10.5. The van der Waals surface area contributed by atoms with Crippen molar-refractivity contribution in [1.82, 2.24) is 10.2 Å². The van der Waals surface area contributed by atoms with Gasteiger partial charge < -0.3 is 15.5 Å². The van der Waals surface area contributed by atoms with Crippen LogP contribution in [0.25, 0.3) is 0 Å². The Bertz CT molecular complexity index is 782. The molecule has 1 aromatic rings. The van der Waals surface area contributed by atoms with E-state index >= 15 is 0 Å². The molecule has 4 heteroatoms. The third kappa shape index (κ3) is 3.18. The number of anilines is 1. The second-order valence-electron chi connectivity index (χ2n) is 11.2. The van der Waals surface area contributed by atoms with Crippen molar-refractivity contribution in [3.05, 3.63) is 30.3 Å². The van der Waals surface area contributed by atoms with Gasteiger partial charge in [0.05, 0.1) is 0 Å². The van der Waals surface area contributed by atoms with Crippen molar-refractivity contribution in [2.45, 2.75) is 77.3 Å². The van der Waals surface area contributed by atoms with E-state index in [-0.39, 0.29) is 11.4 Å². The molecule has 4 nitrogen and oxygen atoms in total. The number of nitrogens with zero attached hydrogens (tertiary/aromatic N) is 1. The number of amides is 2. The van der Waals surface area contributed by atoms with Crippen molar-refractivity contribution in [2.75, 3.05) is 18.9 Å². The van der Waals surface area contributed by atoms with Gasteiger partial charge in [-0.3, -0.25) is 0 Å². The van der Waals surface area contributed by atoms with Crippen LogP contribution in [0.3, 0.4) is 0 Å². The fraction of sp³-hybridized carbons (Fsp3) is 0.731. The molecule has 4 fully saturated rings. The smallest absolute Gasteiger partial charge is 0.319 e. The molecule has 1 saturated heterocycles. The summed E-state index contributed by atoms with van der Waals surface area (Å²) in [6.45, 7) is 6.38. The number of hydrogen-bond donors (Lipinski definition) is 2. The molecule has 5 rings (SSSR count). The van der Waals surface area contributed by atoms with E-state index < -0.39 is 0 Å². The van der Waals surface area contributed by atoms with Gasteiger partial charge in [0.1, 0.15) is 0 Å². The Balaban J connectivity index is 1.30. The maximum atomic E-state index is 12.7. The van der Waals surface area contributed by atoms with E-state index in [2.05, 4.69) is 36.4 Å². The topological polar surface area (TPSA) is 44.4 Å². The summed E-state index contributed by atoms with van der Waals surface area (Å²) >= 11 is 0. The summed E-state index contributed by atoms with van der Waals surface area (Å²) in [5.41, 5.74) is 1.61. The molecule has 7 atom stereocenters. The first-order chi connectivity index (χ1) is 14.4. The first-order valence-corrected chi connectivity index (χ1v) is 12.2. The molecule has 30 heavy (non-hydrogen) atoms. The number of likely N-dealkylation sites (tertiary alicyclic amines) is 1. The van der Waals surface area contributed by atoms with E-state index in [4.69, 9.17) is 0 Å². The predicted octanol–water partition coefficient (Wildman–Crippen LogP) is 5.51. The van der Waals surface area contributed by atoms with Crippen LogP contribution >= 0.6 is 0 Å². The number of carbonyl (C=O) groups is 1. The second kappa shape index (κ2) is 7.55. The van der Waals surface area contributed by atoms with Crippen LogP contribution in [-0.4, -0.2) is 36.6 Å². The number of fused-ring (bicyclic) bond motifs is 5. The van der Waals surface area contributed by atoms with Gasteiger partial charge in [0, 0.05) is 17.8 Å². The average molecular weight is 410 g/mol. The van der Waals surface area contributed by atoms with Crippen LogP contribution in [0.15, 0.2) is 30.3 Å². The fourth-order valence-electron chi connectivity index (χ4n) is 8.46. The molecular weight excluding hydrogens is 370 g/mol. The van der Waals surface area contributed by atoms with E-state index in [1.165, 1.54) is 51.5 Å². The number of benzene rings is 1. The van der Waals surface area contributed by atoms with Gasteiger partial charge in [0.2, 0.25) is 0 Å². The van der Waals surface area contributed by atoms with Crippen LogP contribution in [-0.2, 0) is 0 Å². The lowest BCUT2D eigenvalue weighted by molar-refractivity contribution is -0.119. The van der Waals surface area contributed by atoms with E-state index in [1.807, 2.05) is 30.3 Å². The summed E-state index contributed by atoms with van der Waals surface area (Å²) in [6, 6.07) is 10.8. The molecular formula is C26H39N3O. The molecule has 2 unspecified atom stereocenters. The predicted molar refractivity (Wildman–Crippen MR) is 122 cm³/mol. The molecule has 2 amide bonds. The minimum absolute atomic E-state index is 0.0419. The summed E-state index contributed by atoms with van der Waals surface area (Å²) in [5.74, 6) is 2.48. The fourth-order valence-corrected chi connectivity index (χ4v) is 8.46. The molecule has 4 aliphatic rings. The van der Waals surface area contributed by atoms with Gasteiger partial charge >= 0.3 is 6.03 Å². The molecule has 0 radical (unpaired) electrons. The molecule has 2 N–H and O–H groups in total. The number of piperidine rings is 1. The first-order valence-electron chi connectivity index (χ1n) is 12.2. The SMILES string of the molecule is CN1CCC[C@@]2(C)C1CC[C@@H]1[C@H]2CC[C@]2(C)C(NC(=O)Nc3ccccc3)CC[C@@H]12. The van der Waals surface area contributed by atoms with Crippen LogP contribution in [0.4, 0.5) is 10.5 Å². The van der Waals surface area contributed by atoms with Crippen LogP contribution in [0.1, 0.15) is 65.2 Å². The van der Waals surface area contributed by atoms with Crippen molar-refractivity contribution < 1.29 is 4.79 Å². The number of hydrogen-bond acceptors (Lipinski definition) is 2. The molecule has 1 heterocycles. The zero-order valence-corrected chi connectivity index (χ0v) is 19.0. The largest absolute Gasteiger partial charge is 0.335 e. The standard InChI is InChI=1S/C26H39N3O/c1-25-16-14-21-19(10-13-23-26(21,2)15-7-17-29(23)3)20(25)11-12-22(25)28-24(30)27-18-8-5-4-6-9-18/h4-6,8-9,19-23H,7,10-17H2,1-3H3,(H2,27,28,30)/t19-,20-,21+,22?,23?,25-,26+/m0/s1. The molecule has 0 aromatic heterocycles. The van der Waals surface area contributed by atoms with Gasteiger partial charge in [0.25, 0.3) is 0 Å². The Morgan fingerprint density at radius 1 is 0.967 bits per heavy atom. The number of urea groups is 1. The van der Waals surface area contributed by atoms with Crippen molar-refractivity contribution in [3.8, 4) is 0 Å². The summed E-state index contributed by atoms with van der Waals surface area (Å²) in [7, 11) is 2.36. The van der Waals surface area contributed by atoms with Gasteiger partial charge in [0.15, 0.2) is 0 Å². The molecule has 0 spiro atoms. The van der Waals surface area contributed by atoms with E-state index in [0.717, 1.165) is 35.9 Å². The summed E-state index contributed by atoms with van der Waals surface area (Å²) < 4.78 is 0. The van der Waals surface area contributed by atoms with Crippen LogP contribution in [0.5, 0.6) is 0 Å². The van der Waals surface area contributed by atoms with Gasteiger partial charge in [-0.25, -0.2) is 4.79 Å². The van der Waals surface area contributed by atoms with E-state index in [1.54, 1.807) is 0 Å². The zero-order valence-electron chi connectivity index (χ0n) is 19.0. The molecule has 164 valence electrons. The van der Waals surface area contributed by atoms with Gasteiger partial charge in [-0.05, 0) is 106 Å². The van der Waals surface area contributed by atoms with Gasteiger partial charge in [-0.15, -0.1) is 0 Å². The van der Waals surface area contributed by atoms with Crippen molar-refractivity contribution in [2.24, 2.45) is 28.6 Å². The Labute approximate surface area is 182 Å². The molecule has 0 bridgehead atoms. The number of rotatable bonds is 2. The lowest BCUT2D eigenvalue weighted by atomic mass is 9.47. The van der Waals surface area contributed by atoms with Crippen molar-refractivity contribution >= 4 is 11.7 Å². The number of nitrogens with one attached hydrogen (secondary N) is 2. The first kappa shape index (κ1) is 20.4. The van der Waals surface area contributed by atoms with E-state index in [9.17, 15) is 4.79 Å². The van der Waals surface area contributed by atoms with Crippen LogP contribution < -0.4 is 10.6 Å². The molecule has 1 aromatic carbocycles. The van der Waals surface area contributed by atoms with Crippen molar-refractivity contribution in [1.29, 1.82) is 0 Å². The summed E-state index contributed by atoms with van der Waals surface area (Å²) in [4.78, 5) is 15.4. The molecule has 3 saturated carbocycles. The summed E-state index contributed by atoms with van der Waals surface area (Å²) in [5, 5.41) is 6.41. The third-order valence-corrected chi connectivity index (χ3v) is 9.91. The van der Waals surface area contributed by atoms with Crippen molar-refractivity contribution in [3.63, 3.8) is 0 Å². The molecule has 1 aliphatic heterocycles. The Kier molecular flexibility index (Phi) is 5.12. The Hall–Kier alpha value is -1.55. The number of para-hydroxylation sites is 1. The highest BCUT2D eigenvalue weighted by Crippen LogP contribution is 2.64. The Morgan fingerprint density at radius 2 is 1.73 bits per heavy atom. The second-order valence-corrected chi connectivity index (χ2v) is 11.2. The van der Waals surface area contributed by atoms with Crippen LogP contribution in [0, 0.1) is 28.6 Å². The monoisotopic (exact) mass is 409 g/mol. The quantitative estimate of drug-likeness (QED) is 0.676. The highest BCUT2D eigenvalue weighted by molar-refractivity contribution is 5.89.